The Balaban J connectivity index is 2.21. The summed E-state index contributed by atoms with van der Waals surface area (Å²) in [6, 6.07) is 10.9. The Labute approximate surface area is 172 Å². The van der Waals surface area contributed by atoms with Crippen LogP contribution in [0.25, 0.3) is 0 Å². The highest BCUT2D eigenvalue weighted by molar-refractivity contribution is 7.92. The summed E-state index contributed by atoms with van der Waals surface area (Å²) in [5.41, 5.74) is 3.19. The number of methoxy groups -OCH3 is 2. The molecule has 0 radical (unpaired) electrons. The largest absolute Gasteiger partial charge is 0.493 e. The molecule has 2 aromatic rings. The predicted octanol–water partition coefficient (Wildman–Crippen LogP) is 2.75. The highest BCUT2D eigenvalue weighted by Crippen LogP contribution is 2.28. The second-order valence-corrected chi connectivity index (χ2v) is 8.96. The van der Waals surface area contributed by atoms with Gasteiger partial charge >= 0.3 is 0 Å². The normalized spacial score (nSPS) is 11.1. The zero-order valence-corrected chi connectivity index (χ0v) is 18.5. The van der Waals surface area contributed by atoms with Crippen molar-refractivity contribution in [1.82, 2.24) is 4.90 Å². The van der Waals surface area contributed by atoms with Crippen LogP contribution in [0.5, 0.6) is 11.5 Å². The van der Waals surface area contributed by atoms with Gasteiger partial charge in [-0.25, -0.2) is 8.42 Å². The number of carbonyl (C=O) groups is 1. The fourth-order valence-electron chi connectivity index (χ4n) is 3.08. The third-order valence-electron chi connectivity index (χ3n) is 4.47. The summed E-state index contributed by atoms with van der Waals surface area (Å²) in [6.07, 6.45) is 1.10. The molecule has 0 atom stereocenters. The van der Waals surface area contributed by atoms with Gasteiger partial charge in [0.2, 0.25) is 15.9 Å². The number of nitrogens with zero attached hydrogens (tertiary/aromatic N) is 2. The van der Waals surface area contributed by atoms with Crippen LogP contribution < -0.4 is 13.8 Å². The van der Waals surface area contributed by atoms with Crippen molar-refractivity contribution in [2.24, 2.45) is 0 Å². The van der Waals surface area contributed by atoms with Crippen LogP contribution in [0.4, 0.5) is 5.69 Å². The molecular formula is C21H28N2O5S. The molecule has 0 aromatic heterocycles. The molecule has 2 aromatic carbocycles. The van der Waals surface area contributed by atoms with E-state index in [9.17, 15) is 13.2 Å². The van der Waals surface area contributed by atoms with Crippen LogP contribution >= 0.6 is 0 Å². The SMILES string of the molecule is COc1ccc(CN(C)C(=O)CN(c2cc(C)cc(C)c2)S(C)(=O)=O)cc1OC. The van der Waals surface area contributed by atoms with E-state index in [4.69, 9.17) is 9.47 Å². The molecule has 0 unspecified atom stereocenters. The van der Waals surface area contributed by atoms with Gasteiger partial charge in [0.15, 0.2) is 11.5 Å². The number of ether oxygens (including phenoxy) is 2. The molecule has 7 nitrogen and oxygen atoms in total. The highest BCUT2D eigenvalue weighted by atomic mass is 32.2. The molecule has 0 aliphatic rings. The van der Waals surface area contributed by atoms with E-state index in [1.165, 1.54) is 4.90 Å². The van der Waals surface area contributed by atoms with Gasteiger partial charge in [0.05, 0.1) is 26.2 Å². The third-order valence-corrected chi connectivity index (χ3v) is 5.61. The molecule has 29 heavy (non-hydrogen) atoms. The maximum absolute atomic E-state index is 12.8. The number of sulfonamides is 1. The monoisotopic (exact) mass is 420 g/mol. The van der Waals surface area contributed by atoms with Crippen LogP contribution in [0.1, 0.15) is 16.7 Å². The fraction of sp³-hybridized carbons (Fsp3) is 0.381. The number of rotatable bonds is 8. The quantitative estimate of drug-likeness (QED) is 0.656. The first-order chi connectivity index (χ1) is 13.5. The molecule has 0 fully saturated rings. The molecule has 8 heteroatoms. The van der Waals surface area contributed by atoms with Gasteiger partial charge in [-0.1, -0.05) is 12.1 Å². The summed E-state index contributed by atoms with van der Waals surface area (Å²) in [5.74, 6) is 0.853. The van der Waals surface area contributed by atoms with E-state index >= 15 is 0 Å². The number of amides is 1. The molecule has 0 aliphatic heterocycles. The van der Waals surface area contributed by atoms with Crippen molar-refractivity contribution >= 4 is 21.6 Å². The van der Waals surface area contributed by atoms with Crippen LogP contribution in [-0.4, -0.2) is 53.3 Å². The topological polar surface area (TPSA) is 76.2 Å². The molecule has 0 spiro atoms. The minimum absolute atomic E-state index is 0.272. The van der Waals surface area contributed by atoms with Gasteiger partial charge in [-0.2, -0.15) is 0 Å². The minimum atomic E-state index is -3.62. The van der Waals surface area contributed by atoms with Crippen molar-refractivity contribution in [3.05, 3.63) is 53.1 Å². The standard InChI is InChI=1S/C21H28N2O5S/c1-15-9-16(2)11-18(10-15)23(29(6,25)26)14-21(24)22(3)13-17-7-8-19(27-4)20(12-17)28-5/h7-12H,13-14H2,1-6H3. The third kappa shape index (κ3) is 5.87. The maximum atomic E-state index is 12.8. The lowest BCUT2D eigenvalue weighted by Gasteiger charge is -2.26. The molecule has 0 bridgehead atoms. The molecule has 158 valence electrons. The number of anilines is 1. The van der Waals surface area contributed by atoms with Gasteiger partial charge < -0.3 is 14.4 Å². The van der Waals surface area contributed by atoms with Crippen molar-refractivity contribution in [3.8, 4) is 11.5 Å². The van der Waals surface area contributed by atoms with Crippen molar-refractivity contribution in [3.63, 3.8) is 0 Å². The number of hydrogen-bond donors (Lipinski definition) is 0. The van der Waals surface area contributed by atoms with Crippen LogP contribution in [0.2, 0.25) is 0 Å². The molecular weight excluding hydrogens is 392 g/mol. The summed E-state index contributed by atoms with van der Waals surface area (Å²) in [4.78, 5) is 14.3. The second kappa shape index (κ2) is 9.17. The first-order valence-electron chi connectivity index (χ1n) is 9.06. The first-order valence-corrected chi connectivity index (χ1v) is 10.9. The molecule has 2 rings (SSSR count). The average Bonchev–Trinajstić information content (AvgIpc) is 2.63. The van der Waals surface area contributed by atoms with Crippen molar-refractivity contribution in [2.45, 2.75) is 20.4 Å². The summed E-state index contributed by atoms with van der Waals surface area (Å²) in [5, 5.41) is 0. The van der Waals surface area contributed by atoms with Gasteiger partial charge in [-0.15, -0.1) is 0 Å². The van der Waals surface area contributed by atoms with Crippen LogP contribution in [-0.2, 0) is 21.4 Å². The number of likely N-dealkylation sites (N-methyl/N-ethyl adjacent to an activating group) is 1. The van der Waals surface area contributed by atoms with Crippen LogP contribution in [0.15, 0.2) is 36.4 Å². The zero-order valence-electron chi connectivity index (χ0n) is 17.7. The molecule has 1 amide bonds. The Morgan fingerprint density at radius 1 is 0.966 bits per heavy atom. The summed E-state index contributed by atoms with van der Waals surface area (Å²) in [7, 11) is 1.12. The van der Waals surface area contributed by atoms with Crippen molar-refractivity contribution in [1.29, 1.82) is 0 Å². The molecule has 0 heterocycles. The molecule has 0 saturated heterocycles. The van der Waals surface area contributed by atoms with E-state index in [2.05, 4.69) is 0 Å². The van der Waals surface area contributed by atoms with Crippen LogP contribution in [0, 0.1) is 13.8 Å². The van der Waals surface area contributed by atoms with Gasteiger partial charge in [0.1, 0.15) is 6.54 Å². The van der Waals surface area contributed by atoms with E-state index in [0.717, 1.165) is 27.3 Å². The summed E-state index contributed by atoms with van der Waals surface area (Å²) in [6.45, 7) is 3.82. The average molecular weight is 421 g/mol. The van der Waals surface area contributed by atoms with Crippen molar-refractivity contribution < 1.29 is 22.7 Å². The Morgan fingerprint density at radius 3 is 2.07 bits per heavy atom. The Kier molecular flexibility index (Phi) is 7.13. The lowest BCUT2D eigenvalue weighted by atomic mass is 10.1. The Morgan fingerprint density at radius 2 is 1.55 bits per heavy atom. The zero-order chi connectivity index (χ0) is 21.8. The lowest BCUT2D eigenvalue weighted by molar-refractivity contribution is -0.128. The van der Waals surface area contributed by atoms with Crippen LogP contribution in [0.3, 0.4) is 0 Å². The van der Waals surface area contributed by atoms with E-state index in [1.54, 1.807) is 45.5 Å². The number of aryl methyl sites for hydroxylation is 2. The van der Waals surface area contributed by atoms with E-state index in [-0.39, 0.29) is 12.5 Å². The van der Waals surface area contributed by atoms with Crippen molar-refractivity contribution in [2.75, 3.05) is 38.4 Å². The Bertz CT molecular complexity index is 968. The number of hydrogen-bond acceptors (Lipinski definition) is 5. The molecule has 0 saturated carbocycles. The predicted molar refractivity (Wildman–Crippen MR) is 114 cm³/mol. The molecule has 0 aliphatic carbocycles. The van der Waals surface area contributed by atoms with E-state index in [0.29, 0.717) is 23.7 Å². The first kappa shape index (κ1) is 22.5. The minimum Gasteiger partial charge on any atom is -0.493 e. The maximum Gasteiger partial charge on any atom is 0.243 e. The summed E-state index contributed by atoms with van der Waals surface area (Å²) >= 11 is 0. The summed E-state index contributed by atoms with van der Waals surface area (Å²) < 4.78 is 36.4. The van der Waals surface area contributed by atoms with Gasteiger partial charge in [-0.3, -0.25) is 9.10 Å². The van der Waals surface area contributed by atoms with E-state index < -0.39 is 10.0 Å². The number of benzene rings is 2. The van der Waals surface area contributed by atoms with Gasteiger partial charge in [0.25, 0.3) is 0 Å². The second-order valence-electron chi connectivity index (χ2n) is 7.05. The fourth-order valence-corrected chi connectivity index (χ4v) is 3.91. The lowest BCUT2D eigenvalue weighted by Crippen LogP contribution is -2.41. The smallest absolute Gasteiger partial charge is 0.243 e. The molecule has 0 N–H and O–H groups in total. The Hall–Kier alpha value is -2.74. The van der Waals surface area contributed by atoms with Gasteiger partial charge in [0, 0.05) is 13.6 Å². The highest BCUT2D eigenvalue weighted by Gasteiger charge is 2.23. The van der Waals surface area contributed by atoms with E-state index in [1.807, 2.05) is 26.0 Å². The number of carbonyl (C=O) groups excluding carboxylic acids is 1. The van der Waals surface area contributed by atoms with Gasteiger partial charge in [-0.05, 0) is 54.8 Å².